The van der Waals surface area contributed by atoms with Crippen LogP contribution in [0.2, 0.25) is 0 Å². The van der Waals surface area contributed by atoms with Crippen molar-refractivity contribution >= 4 is 12.4 Å². The molecule has 6 atom stereocenters. The molecule has 2 fully saturated rings. The number of alkyl halides is 12. The number of hydrogen-bond donors (Lipinski definition) is 2. The molecule has 264 valence electrons. The van der Waals surface area contributed by atoms with E-state index in [4.69, 9.17) is 4.74 Å². The van der Waals surface area contributed by atoms with Gasteiger partial charge in [-0.15, -0.1) is 12.4 Å². The first-order chi connectivity index (χ1) is 20.8. The number of hydrogen-bond acceptors (Lipinski definition) is 5. The first-order valence-corrected chi connectivity index (χ1v) is 14.5. The van der Waals surface area contributed by atoms with Crippen LogP contribution in [0.5, 0.6) is 0 Å². The zero-order valence-electron chi connectivity index (χ0n) is 24.2. The van der Waals surface area contributed by atoms with Gasteiger partial charge < -0.3 is 25.2 Å². The first kappa shape index (κ1) is 38.3. The minimum Gasteiger partial charge on any atom is -0.375 e. The van der Waals surface area contributed by atoms with Crippen LogP contribution in [0.3, 0.4) is 0 Å². The van der Waals surface area contributed by atoms with Crippen LogP contribution >= 0.6 is 12.4 Å². The molecule has 18 heteroatoms. The van der Waals surface area contributed by atoms with Crippen LogP contribution in [0.25, 0.3) is 0 Å². The van der Waals surface area contributed by atoms with Gasteiger partial charge in [-0.25, -0.2) is 0 Å². The number of halogens is 13. The number of piperidine rings is 2. The molecule has 2 N–H and O–H groups in total. The smallest absolute Gasteiger partial charge is 0.375 e. The van der Waals surface area contributed by atoms with E-state index in [1.807, 2.05) is 0 Å². The van der Waals surface area contributed by atoms with E-state index in [1.165, 1.54) is 34.1 Å². The molecule has 0 saturated carbocycles. The molecule has 4 aliphatic heterocycles. The summed E-state index contributed by atoms with van der Waals surface area (Å²) >= 11 is 0. The van der Waals surface area contributed by atoms with E-state index in [0.717, 1.165) is 12.2 Å². The highest BCUT2D eigenvalue weighted by Crippen LogP contribution is 2.35. The Morgan fingerprint density at radius 1 is 0.652 bits per heavy atom. The maximum absolute atomic E-state index is 14.1. The predicted molar refractivity (Wildman–Crippen MR) is 147 cm³/mol. The SMILES string of the molecule is Cl.FC(F)(F)C1=CC=CC(C2CCCN(C[C@H](O[C@@H](CN3CCCC(C4C=CC=C(C(F)(F)F)N4)C3)C(F)(F)F)C(F)(F)F)C2)N1. The fourth-order valence-corrected chi connectivity index (χ4v) is 6.21. The molecule has 0 amide bonds. The molecular formula is C28H35ClF12N4O. The third kappa shape index (κ3) is 10.4. The lowest BCUT2D eigenvalue weighted by Gasteiger charge is -2.41. The summed E-state index contributed by atoms with van der Waals surface area (Å²) in [5, 5.41) is 4.70. The minimum atomic E-state index is -5.19. The molecule has 0 aliphatic carbocycles. The largest absolute Gasteiger partial charge is 0.430 e. The molecule has 4 aliphatic rings. The summed E-state index contributed by atoms with van der Waals surface area (Å²) in [5.74, 6) is -1.07. The van der Waals surface area contributed by atoms with Crippen LogP contribution in [0.15, 0.2) is 47.9 Å². The zero-order chi connectivity index (χ0) is 33.2. The van der Waals surface area contributed by atoms with E-state index in [-0.39, 0.29) is 38.6 Å². The summed E-state index contributed by atoms with van der Waals surface area (Å²) in [6, 6.07) is -1.66. The van der Waals surface area contributed by atoms with Crippen LogP contribution in [0.1, 0.15) is 25.7 Å². The monoisotopic (exact) mass is 706 g/mol. The second kappa shape index (κ2) is 15.0. The van der Waals surface area contributed by atoms with Crippen LogP contribution in [-0.4, -0.2) is 98.1 Å². The Balaban J connectivity index is 0.00000576. The summed E-state index contributed by atoms with van der Waals surface area (Å²) in [6.45, 7) is -1.90. The third-order valence-electron chi connectivity index (χ3n) is 8.42. The standard InChI is InChI=1S/C28H34F12N4O.ClH/c29-25(30,31)21-9-1-7-19(41-21)17-5-3-11-43(13-17)15-23(27(35,36)37)45-24(28(38,39)40)16-44-12-4-6-18(14-44)20-8-2-10-22(42-20)26(32,33)34;/h1-2,7-10,17-20,23-24,41-42H,3-6,11-16H2;1H/t17?,18?,19?,20?,23-,24-;/m0./s1. The molecule has 0 radical (unpaired) electrons. The highest BCUT2D eigenvalue weighted by Gasteiger charge is 2.50. The Morgan fingerprint density at radius 3 is 1.35 bits per heavy atom. The number of ether oxygens (including phenoxy) is 1. The molecule has 4 rings (SSSR count). The Labute approximate surface area is 264 Å². The highest BCUT2D eigenvalue weighted by atomic mass is 35.5. The van der Waals surface area contributed by atoms with Gasteiger partial charge in [-0.1, -0.05) is 24.3 Å². The van der Waals surface area contributed by atoms with Gasteiger partial charge in [-0.3, -0.25) is 0 Å². The van der Waals surface area contributed by atoms with E-state index in [2.05, 4.69) is 10.6 Å². The van der Waals surface area contributed by atoms with Crippen molar-refractivity contribution < 1.29 is 57.4 Å². The lowest BCUT2D eigenvalue weighted by molar-refractivity contribution is -0.291. The fourth-order valence-electron chi connectivity index (χ4n) is 6.21. The summed E-state index contributed by atoms with van der Waals surface area (Å²) in [6.07, 6.45) is -16.9. The van der Waals surface area contributed by atoms with Gasteiger partial charge in [0.05, 0.1) is 0 Å². The second-order valence-electron chi connectivity index (χ2n) is 11.8. The van der Waals surface area contributed by atoms with E-state index in [9.17, 15) is 52.7 Å². The maximum Gasteiger partial charge on any atom is 0.430 e. The summed E-state index contributed by atoms with van der Waals surface area (Å²) in [7, 11) is 0. The number of nitrogens with zero attached hydrogens (tertiary/aromatic N) is 2. The topological polar surface area (TPSA) is 39.8 Å². The van der Waals surface area contributed by atoms with Crippen molar-refractivity contribution in [3.8, 4) is 0 Å². The van der Waals surface area contributed by atoms with Gasteiger partial charge in [0.2, 0.25) is 0 Å². The van der Waals surface area contributed by atoms with Crippen molar-refractivity contribution in [2.45, 2.75) is 74.7 Å². The second-order valence-corrected chi connectivity index (χ2v) is 11.8. The minimum absolute atomic E-state index is 0. The van der Waals surface area contributed by atoms with E-state index < -0.39 is 85.3 Å². The van der Waals surface area contributed by atoms with Gasteiger partial charge in [0.15, 0.2) is 12.2 Å². The molecule has 4 unspecified atom stereocenters. The Kier molecular flexibility index (Phi) is 12.5. The lowest BCUT2D eigenvalue weighted by atomic mass is 9.88. The van der Waals surface area contributed by atoms with Crippen LogP contribution in [0, 0.1) is 11.8 Å². The highest BCUT2D eigenvalue weighted by molar-refractivity contribution is 5.85. The summed E-state index contributed by atoms with van der Waals surface area (Å²) in [5.41, 5.74) is -1.99. The molecule has 0 aromatic heterocycles. The normalized spacial score (nSPS) is 28.3. The Morgan fingerprint density at radius 2 is 1.02 bits per heavy atom. The van der Waals surface area contributed by atoms with Gasteiger partial charge in [0, 0.05) is 38.3 Å². The third-order valence-corrected chi connectivity index (χ3v) is 8.42. The van der Waals surface area contributed by atoms with Gasteiger partial charge in [-0.05, 0) is 62.8 Å². The fraction of sp³-hybridized carbons (Fsp3) is 0.714. The van der Waals surface area contributed by atoms with Crippen molar-refractivity contribution in [3.63, 3.8) is 0 Å². The molecule has 0 bridgehead atoms. The van der Waals surface area contributed by atoms with Crippen LogP contribution in [-0.2, 0) is 4.74 Å². The van der Waals surface area contributed by atoms with Crippen LogP contribution < -0.4 is 10.6 Å². The molecule has 46 heavy (non-hydrogen) atoms. The number of nitrogens with one attached hydrogen (secondary N) is 2. The molecule has 0 spiro atoms. The number of dihydropyridines is 2. The summed E-state index contributed by atoms with van der Waals surface area (Å²) in [4.78, 5) is 2.51. The number of rotatable bonds is 8. The van der Waals surface area contributed by atoms with Gasteiger partial charge in [0.1, 0.15) is 11.4 Å². The van der Waals surface area contributed by atoms with Crippen molar-refractivity contribution in [2.24, 2.45) is 11.8 Å². The quantitative estimate of drug-likeness (QED) is 0.277. The maximum atomic E-state index is 14.1. The molecule has 4 heterocycles. The van der Waals surface area contributed by atoms with Crippen molar-refractivity contribution in [3.05, 3.63) is 47.9 Å². The van der Waals surface area contributed by atoms with Crippen LogP contribution in [0.4, 0.5) is 52.7 Å². The van der Waals surface area contributed by atoms with Crippen molar-refractivity contribution in [1.82, 2.24) is 20.4 Å². The lowest BCUT2D eigenvalue weighted by Crippen LogP contribution is -2.54. The molecule has 2 saturated heterocycles. The number of allylic oxidation sites excluding steroid dienone is 6. The average Bonchev–Trinajstić information content (AvgIpc) is 2.95. The number of likely N-dealkylation sites (tertiary alicyclic amines) is 2. The van der Waals surface area contributed by atoms with Crippen molar-refractivity contribution in [1.29, 1.82) is 0 Å². The molecule has 5 nitrogen and oxygen atoms in total. The summed E-state index contributed by atoms with van der Waals surface area (Å²) < 4.78 is 168. The average molecular weight is 707 g/mol. The van der Waals surface area contributed by atoms with E-state index in [0.29, 0.717) is 25.7 Å². The molecular weight excluding hydrogens is 672 g/mol. The first-order valence-electron chi connectivity index (χ1n) is 14.5. The predicted octanol–water partition coefficient (Wildman–Crippen LogP) is 6.66. The van der Waals surface area contributed by atoms with Gasteiger partial charge in [-0.2, -0.15) is 52.7 Å². The van der Waals surface area contributed by atoms with Gasteiger partial charge >= 0.3 is 24.7 Å². The Hall–Kier alpha value is -2.11. The van der Waals surface area contributed by atoms with Gasteiger partial charge in [0.25, 0.3) is 0 Å². The zero-order valence-corrected chi connectivity index (χ0v) is 25.1. The molecule has 0 aromatic rings. The van der Waals surface area contributed by atoms with Crippen molar-refractivity contribution in [2.75, 3.05) is 39.3 Å². The van der Waals surface area contributed by atoms with E-state index in [1.54, 1.807) is 0 Å². The van der Waals surface area contributed by atoms with E-state index >= 15 is 0 Å². The molecule has 0 aromatic carbocycles. The Bertz CT molecular complexity index is 1050.